The molecule has 5 nitrogen and oxygen atoms in total. The van der Waals surface area contributed by atoms with E-state index in [1.807, 2.05) is 62.4 Å². The van der Waals surface area contributed by atoms with E-state index in [9.17, 15) is 9.59 Å². The van der Waals surface area contributed by atoms with Gasteiger partial charge in [-0.05, 0) is 61.6 Å². The lowest BCUT2D eigenvalue weighted by molar-refractivity contribution is -0.122. The Morgan fingerprint density at radius 3 is 2.40 bits per heavy atom. The predicted octanol–water partition coefficient (Wildman–Crippen LogP) is 4.49. The Kier molecular flexibility index (Phi) is 5.62. The van der Waals surface area contributed by atoms with Gasteiger partial charge in [-0.2, -0.15) is 0 Å². The van der Waals surface area contributed by atoms with Crippen LogP contribution in [0.1, 0.15) is 56.1 Å². The van der Waals surface area contributed by atoms with Gasteiger partial charge in [0.05, 0.1) is 13.2 Å². The Bertz CT molecular complexity index is 990. The Labute approximate surface area is 177 Å². The largest absolute Gasteiger partial charge is 0.497 e. The monoisotopic (exact) mass is 405 g/mol. The minimum Gasteiger partial charge on any atom is -0.497 e. The molecule has 0 fully saturated rings. The molecule has 30 heavy (non-hydrogen) atoms. The van der Waals surface area contributed by atoms with E-state index in [1.54, 1.807) is 7.11 Å². The number of allylic oxidation sites excluding steroid dienone is 2. The minimum atomic E-state index is -0.223. The molecule has 0 spiro atoms. The molecular weight excluding hydrogens is 378 g/mol. The molecule has 2 aliphatic rings. The zero-order valence-electron chi connectivity index (χ0n) is 17.6. The highest BCUT2D eigenvalue weighted by molar-refractivity contribution is 6.02. The second-order valence-corrected chi connectivity index (χ2v) is 8.24. The molecule has 1 aliphatic carbocycles. The number of carbonyl (C=O) groups is 2. The first-order chi connectivity index (χ1) is 14.4. The van der Waals surface area contributed by atoms with E-state index < -0.39 is 0 Å². The van der Waals surface area contributed by atoms with E-state index in [-0.39, 0.29) is 36.1 Å². The van der Waals surface area contributed by atoms with Crippen LogP contribution in [-0.2, 0) is 9.59 Å². The SMILES string of the molecule is COc1cccc(C2CC(=O)NC3=C2C(=O)CC(c2ccc(OC(C)C)cc2)C3)c1. The summed E-state index contributed by atoms with van der Waals surface area (Å²) in [7, 11) is 1.62. The van der Waals surface area contributed by atoms with Crippen molar-refractivity contribution in [3.8, 4) is 11.5 Å². The molecule has 2 aromatic carbocycles. The van der Waals surface area contributed by atoms with Crippen LogP contribution in [0, 0.1) is 0 Å². The molecule has 0 radical (unpaired) electrons. The second-order valence-electron chi connectivity index (χ2n) is 8.24. The lowest BCUT2D eigenvalue weighted by atomic mass is 9.73. The zero-order chi connectivity index (χ0) is 21.3. The predicted molar refractivity (Wildman–Crippen MR) is 115 cm³/mol. The average molecular weight is 405 g/mol. The molecule has 0 saturated carbocycles. The smallest absolute Gasteiger partial charge is 0.225 e. The van der Waals surface area contributed by atoms with Crippen molar-refractivity contribution >= 4 is 11.7 Å². The van der Waals surface area contributed by atoms with Crippen molar-refractivity contribution in [2.24, 2.45) is 0 Å². The van der Waals surface area contributed by atoms with Crippen molar-refractivity contribution in [2.75, 3.05) is 7.11 Å². The van der Waals surface area contributed by atoms with Gasteiger partial charge in [-0.25, -0.2) is 0 Å². The summed E-state index contributed by atoms with van der Waals surface area (Å²) in [6, 6.07) is 15.6. The lowest BCUT2D eigenvalue weighted by Gasteiger charge is -2.34. The van der Waals surface area contributed by atoms with Gasteiger partial charge in [0.25, 0.3) is 0 Å². The van der Waals surface area contributed by atoms with Gasteiger partial charge in [0.15, 0.2) is 5.78 Å². The molecular formula is C25H27NO4. The topological polar surface area (TPSA) is 64.6 Å². The molecule has 1 aliphatic heterocycles. The first-order valence-electron chi connectivity index (χ1n) is 10.4. The van der Waals surface area contributed by atoms with E-state index in [1.165, 1.54) is 0 Å². The molecule has 0 saturated heterocycles. The van der Waals surface area contributed by atoms with Gasteiger partial charge in [-0.15, -0.1) is 0 Å². The molecule has 0 aromatic heterocycles. The number of hydrogen-bond acceptors (Lipinski definition) is 4. The first kappa shape index (κ1) is 20.2. The fraction of sp³-hybridized carbons (Fsp3) is 0.360. The number of hydrogen-bond donors (Lipinski definition) is 1. The van der Waals surface area contributed by atoms with Gasteiger partial charge in [-0.3, -0.25) is 9.59 Å². The molecule has 156 valence electrons. The van der Waals surface area contributed by atoms with E-state index in [0.29, 0.717) is 12.8 Å². The zero-order valence-corrected chi connectivity index (χ0v) is 17.6. The quantitative estimate of drug-likeness (QED) is 0.796. The highest BCUT2D eigenvalue weighted by Crippen LogP contribution is 2.43. The first-order valence-corrected chi connectivity index (χ1v) is 10.4. The maximum Gasteiger partial charge on any atom is 0.225 e. The standard InChI is InChI=1S/C25H27NO4/c1-15(2)30-19-9-7-16(8-10-19)18-12-22-25(23(27)13-18)21(14-24(28)26-22)17-5-4-6-20(11-17)29-3/h4-11,15,18,21H,12-14H2,1-3H3,(H,26,28). The van der Waals surface area contributed by atoms with E-state index in [0.717, 1.165) is 33.9 Å². The van der Waals surface area contributed by atoms with Crippen LogP contribution in [0.2, 0.25) is 0 Å². The molecule has 5 heteroatoms. The van der Waals surface area contributed by atoms with Crippen LogP contribution in [0.25, 0.3) is 0 Å². The van der Waals surface area contributed by atoms with Crippen LogP contribution in [0.3, 0.4) is 0 Å². The summed E-state index contributed by atoms with van der Waals surface area (Å²) >= 11 is 0. The van der Waals surface area contributed by atoms with E-state index in [2.05, 4.69) is 5.32 Å². The van der Waals surface area contributed by atoms with Crippen molar-refractivity contribution in [2.45, 2.75) is 51.0 Å². The molecule has 1 heterocycles. The second kappa shape index (κ2) is 8.34. The summed E-state index contributed by atoms with van der Waals surface area (Å²) in [4.78, 5) is 25.7. The van der Waals surface area contributed by atoms with Crippen LogP contribution in [-0.4, -0.2) is 24.9 Å². The van der Waals surface area contributed by atoms with Crippen LogP contribution >= 0.6 is 0 Å². The Morgan fingerprint density at radius 2 is 1.70 bits per heavy atom. The number of amides is 1. The molecule has 2 unspecified atom stereocenters. The molecule has 1 N–H and O–H groups in total. The third-order valence-electron chi connectivity index (χ3n) is 5.76. The van der Waals surface area contributed by atoms with Gasteiger partial charge in [-0.1, -0.05) is 24.3 Å². The summed E-state index contributed by atoms with van der Waals surface area (Å²) in [5.41, 5.74) is 3.55. The highest BCUT2D eigenvalue weighted by Gasteiger charge is 2.38. The normalized spacial score (nSPS) is 21.3. The van der Waals surface area contributed by atoms with Gasteiger partial charge in [0.2, 0.25) is 5.91 Å². The summed E-state index contributed by atoms with van der Waals surface area (Å²) in [6.07, 6.45) is 1.49. The van der Waals surface area contributed by atoms with E-state index >= 15 is 0 Å². The number of ketones is 1. The number of carbonyl (C=O) groups excluding carboxylic acids is 2. The Hall–Kier alpha value is -3.08. The van der Waals surface area contributed by atoms with Gasteiger partial charge in [0.1, 0.15) is 11.5 Å². The van der Waals surface area contributed by atoms with Crippen molar-refractivity contribution in [1.82, 2.24) is 5.32 Å². The summed E-state index contributed by atoms with van der Waals surface area (Å²) in [6.45, 7) is 3.98. The van der Waals surface area contributed by atoms with Gasteiger partial charge in [0, 0.05) is 30.0 Å². The van der Waals surface area contributed by atoms with Crippen LogP contribution < -0.4 is 14.8 Å². The van der Waals surface area contributed by atoms with Crippen molar-refractivity contribution < 1.29 is 19.1 Å². The maximum atomic E-state index is 13.2. The fourth-order valence-corrected chi connectivity index (χ4v) is 4.43. The average Bonchev–Trinajstić information content (AvgIpc) is 2.73. The van der Waals surface area contributed by atoms with E-state index in [4.69, 9.17) is 9.47 Å². The minimum absolute atomic E-state index is 0.0456. The third kappa shape index (κ3) is 4.11. The number of ether oxygens (including phenoxy) is 2. The summed E-state index contributed by atoms with van der Waals surface area (Å²) < 4.78 is 11.0. The fourth-order valence-electron chi connectivity index (χ4n) is 4.43. The van der Waals surface area contributed by atoms with Crippen molar-refractivity contribution in [1.29, 1.82) is 0 Å². The third-order valence-corrected chi connectivity index (χ3v) is 5.76. The number of Topliss-reactive ketones (excluding diaryl/α,β-unsaturated/α-hetero) is 1. The molecule has 2 aromatic rings. The van der Waals surface area contributed by atoms with Crippen LogP contribution in [0.4, 0.5) is 0 Å². The number of benzene rings is 2. The van der Waals surface area contributed by atoms with Gasteiger partial charge >= 0.3 is 0 Å². The van der Waals surface area contributed by atoms with Crippen molar-refractivity contribution in [3.05, 3.63) is 70.9 Å². The molecule has 4 rings (SSSR count). The maximum absolute atomic E-state index is 13.2. The van der Waals surface area contributed by atoms with Crippen LogP contribution in [0.15, 0.2) is 59.8 Å². The van der Waals surface area contributed by atoms with Crippen molar-refractivity contribution in [3.63, 3.8) is 0 Å². The highest BCUT2D eigenvalue weighted by atomic mass is 16.5. The molecule has 2 atom stereocenters. The molecule has 0 bridgehead atoms. The number of methoxy groups -OCH3 is 1. The van der Waals surface area contributed by atoms with Crippen LogP contribution in [0.5, 0.6) is 11.5 Å². The number of nitrogens with one attached hydrogen (secondary N) is 1. The Balaban J connectivity index is 1.62. The summed E-state index contributed by atoms with van der Waals surface area (Å²) in [5.74, 6) is 1.44. The summed E-state index contributed by atoms with van der Waals surface area (Å²) in [5, 5.41) is 2.98. The lowest BCUT2D eigenvalue weighted by Crippen LogP contribution is -2.38. The number of rotatable bonds is 5. The van der Waals surface area contributed by atoms with Gasteiger partial charge < -0.3 is 14.8 Å². The molecule has 1 amide bonds. The Morgan fingerprint density at radius 1 is 0.933 bits per heavy atom.